The van der Waals surface area contributed by atoms with Crippen LogP contribution < -0.4 is 0 Å². The van der Waals surface area contributed by atoms with Crippen molar-refractivity contribution in [1.82, 2.24) is 0 Å². The third-order valence-corrected chi connectivity index (χ3v) is 6.04. The Kier molecular flexibility index (Phi) is 34.4. The number of aliphatic hydroxyl groups excluding tert-OH is 1. The summed E-state index contributed by atoms with van der Waals surface area (Å²) < 4.78 is 5.17. The lowest BCUT2D eigenvalue weighted by molar-refractivity contribution is -0.143. The molecule has 0 heterocycles. The summed E-state index contributed by atoms with van der Waals surface area (Å²) in [6.45, 7) is 16.5. The molecule has 0 amide bonds. The van der Waals surface area contributed by atoms with E-state index in [0.717, 1.165) is 22.3 Å². The molecule has 9 heteroatoms. The highest BCUT2D eigenvalue weighted by atomic mass is 16.5. The van der Waals surface area contributed by atoms with Gasteiger partial charge in [0.15, 0.2) is 0 Å². The minimum atomic E-state index is -0.803. The lowest BCUT2D eigenvalue weighted by atomic mass is 10.1. The summed E-state index contributed by atoms with van der Waals surface area (Å²) >= 11 is 0. The van der Waals surface area contributed by atoms with Crippen LogP contribution >= 0.6 is 0 Å². The fourth-order valence-corrected chi connectivity index (χ4v) is 3.63. The van der Waals surface area contributed by atoms with Gasteiger partial charge in [0.2, 0.25) is 0 Å². The largest absolute Gasteiger partial charge is 0.508 e. The zero-order valence-corrected chi connectivity index (χ0v) is 31.8. The smallest absolute Gasteiger partial charge is 0.306 e. The first kappa shape index (κ1) is 50.4. The summed E-state index contributed by atoms with van der Waals surface area (Å²) in [6, 6.07) is 27.0. The predicted octanol–water partition coefficient (Wildman–Crippen LogP) is 9.26. The molecule has 0 saturated heterocycles. The van der Waals surface area contributed by atoms with Crippen molar-refractivity contribution in [2.75, 3.05) is 13.2 Å². The minimum absolute atomic E-state index is 0.130. The average molecular weight is 711 g/mol. The van der Waals surface area contributed by atoms with Crippen molar-refractivity contribution in [3.05, 3.63) is 119 Å². The van der Waals surface area contributed by atoms with Crippen LogP contribution in [-0.4, -0.2) is 55.8 Å². The van der Waals surface area contributed by atoms with Gasteiger partial charge in [-0.1, -0.05) is 104 Å². The number of phenols is 4. The van der Waals surface area contributed by atoms with Crippen LogP contribution in [0.3, 0.4) is 0 Å². The molecule has 0 aliphatic rings. The SMILES string of the molecule is CC.CC.CC.CC.O=C(CCc1ccc(O)cc1)OCCc1ccc(O)cc1.O=C(O)CCc1ccc(O)cc1.OCCc1ccc(O)cc1. The van der Waals surface area contributed by atoms with Crippen LogP contribution in [0.5, 0.6) is 23.0 Å². The van der Waals surface area contributed by atoms with Gasteiger partial charge in [-0.3, -0.25) is 9.59 Å². The second-order valence-corrected chi connectivity index (χ2v) is 9.50. The van der Waals surface area contributed by atoms with Crippen LogP contribution in [0.2, 0.25) is 0 Å². The van der Waals surface area contributed by atoms with Crippen LogP contribution in [-0.2, 0) is 40.0 Å². The number of carbonyl (C=O) groups is 2. The van der Waals surface area contributed by atoms with E-state index in [-0.39, 0.29) is 42.0 Å². The highest BCUT2D eigenvalue weighted by Crippen LogP contribution is 2.13. The van der Waals surface area contributed by atoms with E-state index in [9.17, 15) is 9.59 Å². The summed E-state index contributed by atoms with van der Waals surface area (Å²) in [5, 5.41) is 53.0. The highest BCUT2D eigenvalue weighted by molar-refractivity contribution is 5.69. The van der Waals surface area contributed by atoms with Gasteiger partial charge in [-0.25, -0.2) is 0 Å². The molecular formula is C42H62O9. The molecule has 0 fully saturated rings. The summed E-state index contributed by atoms with van der Waals surface area (Å²) in [7, 11) is 0. The number of hydrogen-bond acceptors (Lipinski definition) is 8. The van der Waals surface area contributed by atoms with Crippen molar-refractivity contribution in [2.24, 2.45) is 0 Å². The summed E-state index contributed by atoms with van der Waals surface area (Å²) in [5.41, 5.74) is 3.97. The van der Waals surface area contributed by atoms with Crippen molar-refractivity contribution in [3.63, 3.8) is 0 Å². The van der Waals surface area contributed by atoms with E-state index in [1.165, 1.54) is 0 Å². The number of phenolic OH excluding ortho intramolecular Hbond substituents is 4. The molecule has 6 N–H and O–H groups in total. The van der Waals surface area contributed by atoms with E-state index in [2.05, 4.69) is 0 Å². The third-order valence-electron chi connectivity index (χ3n) is 6.04. The molecule has 0 radical (unpaired) electrons. The van der Waals surface area contributed by atoms with Crippen LogP contribution in [0.4, 0.5) is 0 Å². The molecule has 284 valence electrons. The van der Waals surface area contributed by atoms with Gasteiger partial charge in [0.05, 0.1) is 6.61 Å². The quantitative estimate of drug-likeness (QED) is 0.0832. The fraction of sp³-hybridized carbons (Fsp3) is 0.381. The average Bonchev–Trinajstić information content (AvgIpc) is 3.17. The number of ether oxygens (including phenoxy) is 1. The first-order valence-corrected chi connectivity index (χ1v) is 17.7. The molecule has 4 aromatic rings. The molecule has 4 rings (SSSR count). The number of aliphatic hydroxyl groups is 1. The standard InChI is InChI=1S/C17H18O4.C9H10O3.C8H10O2.4C2H6/c18-15-6-1-13(2-7-15)5-10-17(20)21-12-11-14-3-8-16(19)9-4-14;10-8-4-1-7(2-5-8)3-6-9(11)12;9-6-5-7-1-3-8(10)4-2-7;4*1-2/h1-4,6-9,18-19H,5,10-12H2;1-2,4-5,10H,3,6H2,(H,11,12);1-4,9-10H,5-6H2;4*1-2H3. The second-order valence-electron chi connectivity index (χ2n) is 9.50. The topological polar surface area (TPSA) is 165 Å². The van der Waals surface area contributed by atoms with E-state index in [4.69, 9.17) is 35.4 Å². The van der Waals surface area contributed by atoms with Crippen molar-refractivity contribution in [3.8, 4) is 23.0 Å². The Bertz CT molecular complexity index is 1350. The zero-order valence-electron chi connectivity index (χ0n) is 31.8. The Morgan fingerprint density at radius 1 is 0.451 bits per heavy atom. The molecule has 0 aliphatic heterocycles. The molecule has 9 nitrogen and oxygen atoms in total. The molecule has 0 saturated carbocycles. The first-order chi connectivity index (χ1) is 24.6. The molecule has 0 aliphatic carbocycles. The molecule has 0 unspecified atom stereocenters. The van der Waals surface area contributed by atoms with E-state index in [0.29, 0.717) is 38.7 Å². The van der Waals surface area contributed by atoms with Crippen molar-refractivity contribution >= 4 is 11.9 Å². The number of aromatic hydroxyl groups is 4. The normalized spacial score (nSPS) is 8.88. The van der Waals surface area contributed by atoms with Crippen molar-refractivity contribution < 1.29 is 45.0 Å². The second kappa shape index (κ2) is 34.8. The molecule has 4 aromatic carbocycles. The van der Waals surface area contributed by atoms with Gasteiger partial charge in [0.25, 0.3) is 0 Å². The predicted molar refractivity (Wildman–Crippen MR) is 208 cm³/mol. The van der Waals surface area contributed by atoms with Gasteiger partial charge in [-0.2, -0.15) is 0 Å². The summed E-state index contributed by atoms with van der Waals surface area (Å²) in [4.78, 5) is 21.8. The van der Waals surface area contributed by atoms with E-state index in [1.54, 1.807) is 97.1 Å². The summed E-state index contributed by atoms with van der Waals surface area (Å²) in [6.07, 6.45) is 2.84. The van der Waals surface area contributed by atoms with E-state index < -0.39 is 5.97 Å². The van der Waals surface area contributed by atoms with Crippen molar-refractivity contribution in [2.45, 2.75) is 93.9 Å². The zero-order chi connectivity index (χ0) is 39.5. The summed E-state index contributed by atoms with van der Waals surface area (Å²) in [5.74, 6) is -0.124. The number of carboxylic acid groups (broad SMARTS) is 1. The number of hydrogen-bond donors (Lipinski definition) is 6. The molecule has 0 atom stereocenters. The van der Waals surface area contributed by atoms with Crippen LogP contribution in [0.1, 0.15) is 90.5 Å². The molecular weight excluding hydrogens is 648 g/mol. The van der Waals surface area contributed by atoms with Crippen LogP contribution in [0, 0.1) is 0 Å². The Balaban J connectivity index is -0.000000656. The number of rotatable bonds is 11. The Hall–Kier alpha value is -5.02. The van der Waals surface area contributed by atoms with Crippen molar-refractivity contribution in [1.29, 1.82) is 0 Å². The van der Waals surface area contributed by atoms with E-state index >= 15 is 0 Å². The maximum absolute atomic E-state index is 11.6. The van der Waals surface area contributed by atoms with Crippen LogP contribution in [0.15, 0.2) is 97.1 Å². The van der Waals surface area contributed by atoms with Gasteiger partial charge >= 0.3 is 11.9 Å². The fourth-order valence-electron chi connectivity index (χ4n) is 3.63. The molecule has 51 heavy (non-hydrogen) atoms. The van der Waals surface area contributed by atoms with Gasteiger partial charge in [-0.15, -0.1) is 0 Å². The Morgan fingerprint density at radius 3 is 1.02 bits per heavy atom. The minimum Gasteiger partial charge on any atom is -0.508 e. The first-order valence-electron chi connectivity index (χ1n) is 17.7. The van der Waals surface area contributed by atoms with Gasteiger partial charge in [0.1, 0.15) is 23.0 Å². The maximum Gasteiger partial charge on any atom is 0.306 e. The third kappa shape index (κ3) is 28.5. The lowest BCUT2D eigenvalue weighted by Gasteiger charge is -2.05. The Morgan fingerprint density at radius 2 is 0.725 bits per heavy atom. The number of carbonyl (C=O) groups excluding carboxylic acids is 1. The molecule has 0 aromatic heterocycles. The number of esters is 1. The number of carboxylic acids is 1. The Labute approximate surface area is 305 Å². The van der Waals surface area contributed by atoms with Gasteiger partial charge in [-0.05, 0) is 90.0 Å². The van der Waals surface area contributed by atoms with E-state index in [1.807, 2.05) is 55.4 Å². The van der Waals surface area contributed by atoms with Crippen LogP contribution in [0.25, 0.3) is 0 Å². The highest BCUT2D eigenvalue weighted by Gasteiger charge is 2.04. The molecule has 0 spiro atoms. The van der Waals surface area contributed by atoms with Gasteiger partial charge in [0, 0.05) is 25.9 Å². The molecule has 0 bridgehead atoms. The number of aryl methyl sites for hydroxylation is 2. The monoisotopic (exact) mass is 710 g/mol. The maximum atomic E-state index is 11.6. The number of benzene rings is 4. The number of aliphatic carboxylic acids is 1. The lowest BCUT2D eigenvalue weighted by Crippen LogP contribution is -2.08. The van der Waals surface area contributed by atoms with Gasteiger partial charge < -0.3 is 35.4 Å².